The first kappa shape index (κ1) is 11.7. The summed E-state index contributed by atoms with van der Waals surface area (Å²) in [5, 5.41) is 12.3. The molecule has 14 heavy (non-hydrogen) atoms. The van der Waals surface area contributed by atoms with Crippen LogP contribution in [-0.4, -0.2) is 30.4 Å². The highest BCUT2D eigenvalue weighted by Gasteiger charge is 2.15. The number of hydrogen-bond donors (Lipinski definition) is 2. The molecule has 3 heteroatoms. The van der Waals surface area contributed by atoms with E-state index in [2.05, 4.69) is 12.2 Å². The number of aliphatic hydroxyl groups excluding tert-OH is 1. The molecule has 0 saturated carbocycles. The van der Waals surface area contributed by atoms with Crippen LogP contribution in [0.1, 0.15) is 26.7 Å². The highest BCUT2D eigenvalue weighted by atomic mass is 16.5. The Bertz CT molecular complexity index is 186. The van der Waals surface area contributed by atoms with Crippen LogP contribution in [0.3, 0.4) is 0 Å². The van der Waals surface area contributed by atoms with Gasteiger partial charge in [-0.25, -0.2) is 0 Å². The molecule has 0 amide bonds. The van der Waals surface area contributed by atoms with Gasteiger partial charge in [-0.1, -0.05) is 11.6 Å². The van der Waals surface area contributed by atoms with Crippen LogP contribution in [-0.2, 0) is 4.74 Å². The maximum Gasteiger partial charge on any atom is 0.100 e. The van der Waals surface area contributed by atoms with Gasteiger partial charge >= 0.3 is 0 Å². The Morgan fingerprint density at radius 3 is 3.14 bits per heavy atom. The van der Waals surface area contributed by atoms with Gasteiger partial charge in [-0.2, -0.15) is 0 Å². The van der Waals surface area contributed by atoms with E-state index in [1.165, 1.54) is 0 Å². The molecule has 1 heterocycles. The average molecular weight is 198 g/mol. The minimum absolute atomic E-state index is 0.136. The summed E-state index contributed by atoms with van der Waals surface area (Å²) < 4.78 is 5.26. The van der Waals surface area contributed by atoms with Gasteiger partial charge in [-0.05, 0) is 26.7 Å². The van der Waals surface area contributed by atoms with Crippen molar-refractivity contribution in [2.45, 2.75) is 38.8 Å². The number of aliphatic hydroxyl groups is 1. The maximum atomic E-state index is 8.86. The molecule has 2 unspecified atom stereocenters. The topological polar surface area (TPSA) is 41.5 Å². The summed E-state index contributed by atoms with van der Waals surface area (Å²) >= 11 is 0. The summed E-state index contributed by atoms with van der Waals surface area (Å²) in [4.78, 5) is 0. The third-order valence-corrected chi connectivity index (χ3v) is 2.30. The number of rotatable bonds is 4. The molecule has 0 aromatic heterocycles. The summed E-state index contributed by atoms with van der Waals surface area (Å²) in [6, 6.07) is 0.631. The van der Waals surface area contributed by atoms with Crippen molar-refractivity contribution in [2.75, 3.05) is 13.2 Å². The second kappa shape index (κ2) is 6.17. The number of nitrogens with one attached hydrogen (secondary N) is 1. The predicted molar refractivity (Wildman–Crippen MR) is 56.7 cm³/mol. The third-order valence-electron chi connectivity index (χ3n) is 2.30. The molecule has 0 aromatic rings. The van der Waals surface area contributed by atoms with E-state index in [9.17, 15) is 0 Å². The summed E-state index contributed by atoms with van der Waals surface area (Å²) in [5.41, 5.74) is 1.00. The van der Waals surface area contributed by atoms with Crippen molar-refractivity contribution >= 4 is 0 Å². The van der Waals surface area contributed by atoms with E-state index in [0.717, 1.165) is 25.0 Å². The van der Waals surface area contributed by atoms with E-state index in [4.69, 9.17) is 9.84 Å². The van der Waals surface area contributed by atoms with Crippen LogP contribution in [0.4, 0.5) is 0 Å². The van der Waals surface area contributed by atoms with Crippen LogP contribution < -0.4 is 5.32 Å². The first-order valence-electron chi connectivity index (χ1n) is 5.21. The maximum absolute atomic E-state index is 8.86. The Labute approximate surface area is 86.2 Å². The minimum atomic E-state index is 0.136. The van der Waals surface area contributed by atoms with E-state index in [1.54, 1.807) is 0 Å². The lowest BCUT2D eigenvalue weighted by Crippen LogP contribution is -2.38. The van der Waals surface area contributed by atoms with Gasteiger partial charge in [0.1, 0.15) is 6.61 Å². The molecule has 0 aromatic carbocycles. The molecular formula is C11H20NO2. The summed E-state index contributed by atoms with van der Waals surface area (Å²) in [6.45, 7) is 6.87. The Morgan fingerprint density at radius 2 is 2.57 bits per heavy atom. The van der Waals surface area contributed by atoms with Crippen molar-refractivity contribution in [1.82, 2.24) is 5.32 Å². The molecule has 0 aliphatic carbocycles. The van der Waals surface area contributed by atoms with E-state index in [1.807, 2.05) is 19.6 Å². The number of ether oxygens (including phenoxy) is 1. The van der Waals surface area contributed by atoms with Crippen molar-refractivity contribution in [1.29, 1.82) is 0 Å². The fraction of sp³-hybridized carbons (Fsp3) is 0.727. The molecule has 3 nitrogen and oxygen atoms in total. The van der Waals surface area contributed by atoms with Crippen LogP contribution in [0.5, 0.6) is 0 Å². The fourth-order valence-corrected chi connectivity index (χ4v) is 1.63. The predicted octanol–water partition coefficient (Wildman–Crippen LogP) is 1.24. The van der Waals surface area contributed by atoms with Gasteiger partial charge in [0.2, 0.25) is 0 Å². The largest absolute Gasteiger partial charge is 0.392 e. The average Bonchev–Trinajstić information content (AvgIpc) is 2.19. The molecule has 0 bridgehead atoms. The molecule has 2 atom stereocenters. The van der Waals surface area contributed by atoms with Crippen LogP contribution in [0.25, 0.3) is 0 Å². The normalized spacial score (nSPS) is 26.2. The van der Waals surface area contributed by atoms with Crippen LogP contribution in [0.15, 0.2) is 11.6 Å². The lowest BCUT2D eigenvalue weighted by Gasteiger charge is -2.25. The smallest absolute Gasteiger partial charge is 0.100 e. The zero-order valence-electron chi connectivity index (χ0n) is 8.99. The van der Waals surface area contributed by atoms with E-state index >= 15 is 0 Å². The van der Waals surface area contributed by atoms with Crippen LogP contribution in [0, 0.1) is 6.61 Å². The third kappa shape index (κ3) is 4.22. The van der Waals surface area contributed by atoms with Gasteiger partial charge < -0.3 is 15.2 Å². The Balaban J connectivity index is 2.28. The molecule has 81 valence electrons. The molecule has 0 spiro atoms. The molecule has 1 radical (unpaired) electrons. The van der Waals surface area contributed by atoms with Crippen molar-refractivity contribution in [3.8, 4) is 0 Å². The zero-order chi connectivity index (χ0) is 10.4. The molecule has 1 rings (SSSR count). The summed E-state index contributed by atoms with van der Waals surface area (Å²) in [6.07, 6.45) is 4.29. The van der Waals surface area contributed by atoms with Crippen LogP contribution in [0.2, 0.25) is 0 Å². The lowest BCUT2D eigenvalue weighted by molar-refractivity contribution is 0.128. The molecule has 1 saturated heterocycles. The second-order valence-electron chi connectivity index (χ2n) is 3.88. The van der Waals surface area contributed by atoms with Gasteiger partial charge in [0, 0.05) is 18.7 Å². The highest BCUT2D eigenvalue weighted by Crippen LogP contribution is 2.10. The van der Waals surface area contributed by atoms with Gasteiger partial charge in [-0.15, -0.1) is 0 Å². The SMILES string of the molecule is C/C(=C/C(C)NC1[CH]OCCC1)CO. The van der Waals surface area contributed by atoms with Crippen molar-refractivity contribution in [3.05, 3.63) is 18.3 Å². The number of hydrogen-bond acceptors (Lipinski definition) is 3. The summed E-state index contributed by atoms with van der Waals surface area (Å²) in [7, 11) is 0. The van der Waals surface area contributed by atoms with Crippen molar-refractivity contribution < 1.29 is 9.84 Å². The fourth-order valence-electron chi connectivity index (χ4n) is 1.63. The quantitative estimate of drug-likeness (QED) is 0.668. The second-order valence-corrected chi connectivity index (χ2v) is 3.88. The van der Waals surface area contributed by atoms with E-state index in [-0.39, 0.29) is 12.6 Å². The summed E-state index contributed by atoms with van der Waals surface area (Å²) in [5.74, 6) is 0. The van der Waals surface area contributed by atoms with Gasteiger partial charge in [0.05, 0.1) is 6.61 Å². The molecular weight excluding hydrogens is 178 g/mol. The van der Waals surface area contributed by atoms with E-state index < -0.39 is 0 Å². The van der Waals surface area contributed by atoms with Crippen LogP contribution >= 0.6 is 0 Å². The molecule has 1 aliphatic rings. The zero-order valence-corrected chi connectivity index (χ0v) is 8.99. The minimum Gasteiger partial charge on any atom is -0.392 e. The Kier molecular flexibility index (Phi) is 5.15. The molecule has 2 N–H and O–H groups in total. The highest BCUT2D eigenvalue weighted by molar-refractivity contribution is 5.03. The molecule has 1 fully saturated rings. The first-order chi connectivity index (χ1) is 6.72. The first-order valence-corrected chi connectivity index (χ1v) is 5.21. The van der Waals surface area contributed by atoms with Gasteiger partial charge in [-0.3, -0.25) is 0 Å². The Hall–Kier alpha value is -0.380. The van der Waals surface area contributed by atoms with Crippen molar-refractivity contribution in [2.24, 2.45) is 0 Å². The van der Waals surface area contributed by atoms with Crippen molar-refractivity contribution in [3.63, 3.8) is 0 Å². The standard InChI is InChI=1S/C11H20NO2/c1-9(7-13)6-10(2)12-11-4-3-5-14-8-11/h6,8,10-13H,3-5,7H2,1-2H3/b9-6-. The lowest BCUT2D eigenvalue weighted by atomic mass is 10.1. The monoisotopic (exact) mass is 198 g/mol. The molecule has 1 aliphatic heterocycles. The van der Waals surface area contributed by atoms with Gasteiger partial charge in [0.25, 0.3) is 0 Å². The van der Waals surface area contributed by atoms with Gasteiger partial charge in [0.15, 0.2) is 0 Å². The Morgan fingerprint density at radius 1 is 1.79 bits per heavy atom. The van der Waals surface area contributed by atoms with E-state index in [0.29, 0.717) is 6.04 Å².